The van der Waals surface area contributed by atoms with Crippen LogP contribution in [-0.4, -0.2) is 12.2 Å². The van der Waals surface area contributed by atoms with Gasteiger partial charge in [-0.05, 0) is 23.8 Å². The van der Waals surface area contributed by atoms with Crippen molar-refractivity contribution in [3.8, 4) is 0 Å². The third-order valence-electron chi connectivity index (χ3n) is 2.69. The van der Waals surface area contributed by atoms with E-state index in [1.54, 1.807) is 12.1 Å². The summed E-state index contributed by atoms with van der Waals surface area (Å²) in [6.45, 7) is 0. The van der Waals surface area contributed by atoms with Crippen LogP contribution in [0.2, 0.25) is 5.02 Å². The molecule has 0 unspecified atom stereocenters. The molecule has 0 aliphatic heterocycles. The molecule has 0 saturated carbocycles. The third kappa shape index (κ3) is 2.60. The number of rotatable bonds is 3. The molecular formula is C14H14ClNO. The quantitative estimate of drug-likeness (QED) is 0.871. The standard InChI is InChI=1S/C14H14ClNO/c1-16-13-8-7-11(15)9-12(13)14(17)10-5-3-2-4-6-10/h2-9,14,16-17H,1H3/t14-/m1/s1. The molecule has 1 atom stereocenters. The molecule has 2 aromatic carbocycles. The molecule has 2 N–H and O–H groups in total. The summed E-state index contributed by atoms with van der Waals surface area (Å²) in [7, 11) is 1.82. The van der Waals surface area contributed by atoms with Gasteiger partial charge in [-0.2, -0.15) is 0 Å². The second-order valence-corrected chi connectivity index (χ2v) is 4.23. The summed E-state index contributed by atoms with van der Waals surface area (Å²) >= 11 is 5.97. The Morgan fingerprint density at radius 1 is 1.12 bits per heavy atom. The Balaban J connectivity index is 2.43. The first-order chi connectivity index (χ1) is 8.22. The first-order valence-electron chi connectivity index (χ1n) is 5.42. The Bertz CT molecular complexity index is 499. The van der Waals surface area contributed by atoms with Gasteiger partial charge >= 0.3 is 0 Å². The van der Waals surface area contributed by atoms with Crippen LogP contribution in [0.4, 0.5) is 5.69 Å². The SMILES string of the molecule is CNc1ccc(Cl)cc1[C@H](O)c1ccccc1. The maximum atomic E-state index is 10.3. The van der Waals surface area contributed by atoms with Crippen LogP contribution in [0.5, 0.6) is 0 Å². The molecule has 0 aliphatic rings. The van der Waals surface area contributed by atoms with E-state index in [4.69, 9.17) is 11.6 Å². The molecular weight excluding hydrogens is 234 g/mol. The van der Waals surface area contributed by atoms with Crippen molar-refractivity contribution in [1.29, 1.82) is 0 Å². The topological polar surface area (TPSA) is 32.3 Å². The fraction of sp³-hybridized carbons (Fsp3) is 0.143. The maximum absolute atomic E-state index is 10.3. The molecule has 17 heavy (non-hydrogen) atoms. The fourth-order valence-corrected chi connectivity index (χ4v) is 1.98. The lowest BCUT2D eigenvalue weighted by molar-refractivity contribution is 0.221. The third-order valence-corrected chi connectivity index (χ3v) is 2.93. The summed E-state index contributed by atoms with van der Waals surface area (Å²) in [5.41, 5.74) is 2.52. The van der Waals surface area contributed by atoms with Crippen molar-refractivity contribution in [1.82, 2.24) is 0 Å². The van der Waals surface area contributed by atoms with Crippen molar-refractivity contribution in [2.45, 2.75) is 6.10 Å². The Labute approximate surface area is 106 Å². The predicted octanol–water partition coefficient (Wildman–Crippen LogP) is 3.46. The summed E-state index contributed by atoms with van der Waals surface area (Å²) in [5.74, 6) is 0. The summed E-state index contributed by atoms with van der Waals surface area (Å²) in [4.78, 5) is 0. The van der Waals surface area contributed by atoms with Gasteiger partial charge < -0.3 is 10.4 Å². The van der Waals surface area contributed by atoms with E-state index >= 15 is 0 Å². The minimum atomic E-state index is -0.669. The zero-order valence-electron chi connectivity index (χ0n) is 9.52. The van der Waals surface area contributed by atoms with Crippen LogP contribution in [0, 0.1) is 0 Å². The number of halogens is 1. The van der Waals surface area contributed by atoms with Gasteiger partial charge in [-0.1, -0.05) is 41.9 Å². The van der Waals surface area contributed by atoms with E-state index in [0.29, 0.717) is 5.02 Å². The van der Waals surface area contributed by atoms with Crippen LogP contribution in [0.15, 0.2) is 48.5 Å². The zero-order chi connectivity index (χ0) is 12.3. The van der Waals surface area contributed by atoms with E-state index in [-0.39, 0.29) is 0 Å². The Kier molecular flexibility index (Phi) is 3.67. The molecule has 0 amide bonds. The van der Waals surface area contributed by atoms with E-state index < -0.39 is 6.10 Å². The van der Waals surface area contributed by atoms with Gasteiger partial charge in [0.2, 0.25) is 0 Å². The normalized spacial score (nSPS) is 12.2. The molecule has 0 bridgehead atoms. The number of hydrogen-bond acceptors (Lipinski definition) is 2. The summed E-state index contributed by atoms with van der Waals surface area (Å²) in [6, 6.07) is 15.0. The lowest BCUT2D eigenvalue weighted by Crippen LogP contribution is -2.03. The number of aliphatic hydroxyl groups is 1. The summed E-state index contributed by atoms with van der Waals surface area (Å²) in [6.07, 6.45) is -0.669. The molecule has 0 saturated heterocycles. The highest BCUT2D eigenvalue weighted by atomic mass is 35.5. The second kappa shape index (κ2) is 5.21. The van der Waals surface area contributed by atoms with Crippen LogP contribution in [0.3, 0.4) is 0 Å². The summed E-state index contributed by atoms with van der Waals surface area (Å²) in [5, 5.41) is 14.0. The van der Waals surface area contributed by atoms with Gasteiger partial charge in [-0.25, -0.2) is 0 Å². The number of nitrogens with one attached hydrogen (secondary N) is 1. The second-order valence-electron chi connectivity index (χ2n) is 3.79. The van der Waals surface area contributed by atoms with Gasteiger partial charge in [0.05, 0.1) is 0 Å². The molecule has 0 heterocycles. The van der Waals surface area contributed by atoms with Crippen LogP contribution < -0.4 is 5.32 Å². The highest BCUT2D eigenvalue weighted by Crippen LogP contribution is 2.30. The van der Waals surface area contributed by atoms with E-state index in [2.05, 4.69) is 5.32 Å². The van der Waals surface area contributed by atoms with Crippen molar-refractivity contribution >= 4 is 17.3 Å². The van der Waals surface area contributed by atoms with Crippen molar-refractivity contribution < 1.29 is 5.11 Å². The fourth-order valence-electron chi connectivity index (χ4n) is 1.80. The zero-order valence-corrected chi connectivity index (χ0v) is 10.3. The van der Waals surface area contributed by atoms with Gasteiger partial charge in [-0.15, -0.1) is 0 Å². The number of hydrogen-bond donors (Lipinski definition) is 2. The van der Waals surface area contributed by atoms with E-state index in [1.807, 2.05) is 43.4 Å². The smallest absolute Gasteiger partial charge is 0.106 e. The van der Waals surface area contributed by atoms with Crippen LogP contribution >= 0.6 is 11.6 Å². The van der Waals surface area contributed by atoms with Crippen molar-refractivity contribution in [3.63, 3.8) is 0 Å². The number of aliphatic hydroxyl groups excluding tert-OH is 1. The Morgan fingerprint density at radius 2 is 1.82 bits per heavy atom. The highest BCUT2D eigenvalue weighted by molar-refractivity contribution is 6.30. The molecule has 0 aliphatic carbocycles. The first-order valence-corrected chi connectivity index (χ1v) is 5.80. The first kappa shape index (κ1) is 12.0. The Hall–Kier alpha value is -1.51. The average Bonchev–Trinajstić information content (AvgIpc) is 2.39. The minimum Gasteiger partial charge on any atom is -0.388 e. The molecule has 0 fully saturated rings. The van der Waals surface area contributed by atoms with E-state index in [0.717, 1.165) is 16.8 Å². The van der Waals surface area contributed by atoms with Gasteiger partial charge in [0.1, 0.15) is 6.10 Å². The molecule has 88 valence electrons. The number of anilines is 1. The van der Waals surface area contributed by atoms with Crippen molar-refractivity contribution in [2.24, 2.45) is 0 Å². The lowest BCUT2D eigenvalue weighted by atomic mass is 10.00. The molecule has 2 nitrogen and oxygen atoms in total. The monoisotopic (exact) mass is 247 g/mol. The van der Waals surface area contributed by atoms with E-state index in [1.165, 1.54) is 0 Å². The largest absolute Gasteiger partial charge is 0.388 e. The lowest BCUT2D eigenvalue weighted by Gasteiger charge is -2.16. The Morgan fingerprint density at radius 3 is 2.47 bits per heavy atom. The molecule has 2 rings (SSSR count). The van der Waals surface area contributed by atoms with Crippen molar-refractivity contribution in [3.05, 3.63) is 64.7 Å². The van der Waals surface area contributed by atoms with Crippen LogP contribution in [0.25, 0.3) is 0 Å². The predicted molar refractivity (Wildman–Crippen MR) is 71.5 cm³/mol. The minimum absolute atomic E-state index is 0.619. The van der Waals surface area contributed by atoms with Gasteiger partial charge in [-0.3, -0.25) is 0 Å². The highest BCUT2D eigenvalue weighted by Gasteiger charge is 2.14. The van der Waals surface area contributed by atoms with E-state index in [9.17, 15) is 5.11 Å². The van der Waals surface area contributed by atoms with Gasteiger partial charge in [0.15, 0.2) is 0 Å². The molecule has 0 aromatic heterocycles. The molecule has 3 heteroatoms. The molecule has 2 aromatic rings. The maximum Gasteiger partial charge on any atom is 0.106 e. The number of benzene rings is 2. The molecule has 0 radical (unpaired) electrons. The van der Waals surface area contributed by atoms with Crippen molar-refractivity contribution in [2.75, 3.05) is 12.4 Å². The summed E-state index contributed by atoms with van der Waals surface area (Å²) < 4.78 is 0. The van der Waals surface area contributed by atoms with Gasteiger partial charge in [0.25, 0.3) is 0 Å². The molecule has 0 spiro atoms. The van der Waals surface area contributed by atoms with Crippen LogP contribution in [0.1, 0.15) is 17.2 Å². The average molecular weight is 248 g/mol. The van der Waals surface area contributed by atoms with Crippen LogP contribution in [-0.2, 0) is 0 Å². The van der Waals surface area contributed by atoms with Gasteiger partial charge in [0, 0.05) is 23.3 Å².